The highest BCUT2D eigenvalue weighted by Crippen LogP contribution is 2.03. The zero-order chi connectivity index (χ0) is 13.2. The average molecular weight is 251 g/mol. The Morgan fingerprint density at radius 3 is 2.72 bits per heavy atom. The first-order valence-electron chi connectivity index (χ1n) is 6.28. The number of aromatic nitrogens is 1. The normalized spacial score (nSPS) is 10.6. The van der Waals surface area contributed by atoms with E-state index in [0.717, 1.165) is 12.1 Å². The molecule has 0 aromatic carbocycles. The number of hydrogen-bond acceptors (Lipinski definition) is 4. The highest BCUT2D eigenvalue weighted by Gasteiger charge is 2.05. The predicted octanol–water partition coefficient (Wildman–Crippen LogP) is 1.81. The molecule has 0 saturated heterocycles. The number of ether oxygens (including phenoxy) is 2. The Balaban J connectivity index is 2.22. The fraction of sp³-hybridized carbons (Fsp3) is 0.571. The van der Waals surface area contributed by atoms with Gasteiger partial charge in [-0.2, -0.15) is 0 Å². The third kappa shape index (κ3) is 5.89. The summed E-state index contributed by atoms with van der Waals surface area (Å²) in [6.07, 6.45) is 3.62. The predicted molar refractivity (Wildman–Crippen MR) is 69.6 cm³/mol. The number of nitrogens with zero attached hydrogens (tertiary/aromatic N) is 1. The number of carbonyl (C=O) groups is 1. The summed E-state index contributed by atoms with van der Waals surface area (Å²) in [6, 6.07) is 3.94. The van der Waals surface area contributed by atoms with Gasteiger partial charge in [-0.1, -0.05) is 13.0 Å². The van der Waals surface area contributed by atoms with Crippen LogP contribution in [0, 0.1) is 0 Å². The average Bonchev–Trinajstić information content (AvgIpc) is 2.39. The van der Waals surface area contributed by atoms with Crippen molar-refractivity contribution in [2.45, 2.75) is 26.2 Å². The van der Waals surface area contributed by atoms with Crippen LogP contribution < -0.4 is 0 Å². The van der Waals surface area contributed by atoms with Crippen LogP contribution in [-0.2, 0) is 27.1 Å². The van der Waals surface area contributed by atoms with Gasteiger partial charge >= 0.3 is 0 Å². The quantitative estimate of drug-likeness (QED) is 0.628. The van der Waals surface area contributed by atoms with Crippen LogP contribution in [0.15, 0.2) is 18.3 Å². The molecule has 0 saturated carbocycles. The van der Waals surface area contributed by atoms with E-state index in [1.807, 2.05) is 18.3 Å². The summed E-state index contributed by atoms with van der Waals surface area (Å²) in [5.74, 6) is 0.157. The molecule has 1 heterocycles. The van der Waals surface area contributed by atoms with E-state index in [9.17, 15) is 4.79 Å². The largest absolute Gasteiger partial charge is 0.382 e. The molecule has 1 rings (SSSR count). The highest BCUT2D eigenvalue weighted by molar-refractivity contribution is 5.80. The Labute approximate surface area is 108 Å². The Kier molecular flexibility index (Phi) is 7.22. The number of aryl methyl sites for hydroxylation is 1. The molecule has 0 radical (unpaired) electrons. The molecule has 100 valence electrons. The van der Waals surface area contributed by atoms with Crippen LogP contribution >= 0.6 is 0 Å². The number of methoxy groups -OCH3 is 1. The lowest BCUT2D eigenvalue weighted by atomic mass is 10.1. The van der Waals surface area contributed by atoms with Crippen LogP contribution in [-0.4, -0.2) is 37.7 Å². The zero-order valence-electron chi connectivity index (χ0n) is 11.1. The molecule has 0 amide bonds. The number of carbonyl (C=O) groups excluding carboxylic acids is 1. The van der Waals surface area contributed by atoms with E-state index in [0.29, 0.717) is 32.7 Å². The van der Waals surface area contributed by atoms with Gasteiger partial charge in [-0.05, 0) is 18.1 Å². The van der Waals surface area contributed by atoms with Crippen molar-refractivity contribution >= 4 is 5.78 Å². The number of Topliss-reactive ketones (excluding diaryl/α,β-unsaturated/α-hetero) is 1. The lowest BCUT2D eigenvalue weighted by molar-refractivity contribution is -0.119. The Hall–Kier alpha value is -1.26. The van der Waals surface area contributed by atoms with E-state index in [4.69, 9.17) is 9.47 Å². The number of pyridine rings is 1. The molecule has 0 fully saturated rings. The van der Waals surface area contributed by atoms with Crippen LogP contribution in [0.2, 0.25) is 0 Å². The lowest BCUT2D eigenvalue weighted by Gasteiger charge is -2.03. The standard InChI is InChI=1S/C14H21NO3/c1-3-12-4-5-13(15-11-12)10-14(16)6-7-18-9-8-17-2/h4-5,11H,3,6-10H2,1-2H3. The maximum atomic E-state index is 11.6. The van der Waals surface area contributed by atoms with Crippen molar-refractivity contribution in [2.24, 2.45) is 0 Å². The molecule has 1 aromatic rings. The molecule has 1 aromatic heterocycles. The highest BCUT2D eigenvalue weighted by atomic mass is 16.5. The van der Waals surface area contributed by atoms with E-state index < -0.39 is 0 Å². The van der Waals surface area contributed by atoms with Crippen molar-refractivity contribution in [3.63, 3.8) is 0 Å². The Morgan fingerprint density at radius 2 is 2.11 bits per heavy atom. The van der Waals surface area contributed by atoms with E-state index in [2.05, 4.69) is 11.9 Å². The Bertz CT molecular complexity index is 349. The number of hydrogen-bond donors (Lipinski definition) is 0. The first-order chi connectivity index (χ1) is 8.76. The minimum absolute atomic E-state index is 0.157. The maximum absolute atomic E-state index is 11.6. The van der Waals surface area contributed by atoms with Crippen molar-refractivity contribution in [3.8, 4) is 0 Å². The monoisotopic (exact) mass is 251 g/mol. The van der Waals surface area contributed by atoms with Crippen LogP contribution in [0.4, 0.5) is 0 Å². The molecular weight excluding hydrogens is 230 g/mol. The van der Waals surface area contributed by atoms with E-state index in [1.54, 1.807) is 7.11 Å². The maximum Gasteiger partial charge on any atom is 0.141 e. The molecule has 18 heavy (non-hydrogen) atoms. The van der Waals surface area contributed by atoms with Gasteiger partial charge in [-0.15, -0.1) is 0 Å². The molecule has 4 nitrogen and oxygen atoms in total. The number of rotatable bonds is 9. The van der Waals surface area contributed by atoms with Crippen molar-refractivity contribution in [3.05, 3.63) is 29.6 Å². The fourth-order valence-corrected chi connectivity index (χ4v) is 1.49. The van der Waals surface area contributed by atoms with Gasteiger partial charge in [0.15, 0.2) is 0 Å². The van der Waals surface area contributed by atoms with Crippen LogP contribution in [0.25, 0.3) is 0 Å². The SMILES string of the molecule is CCc1ccc(CC(=O)CCOCCOC)nc1. The van der Waals surface area contributed by atoms with Crippen molar-refractivity contribution in [1.29, 1.82) is 0 Å². The topological polar surface area (TPSA) is 48.4 Å². The van der Waals surface area contributed by atoms with Crippen molar-refractivity contribution in [1.82, 2.24) is 4.98 Å². The second kappa shape index (κ2) is 8.78. The Morgan fingerprint density at radius 1 is 1.28 bits per heavy atom. The van der Waals surface area contributed by atoms with Gasteiger partial charge in [0.1, 0.15) is 5.78 Å². The summed E-state index contributed by atoms with van der Waals surface area (Å²) >= 11 is 0. The summed E-state index contributed by atoms with van der Waals surface area (Å²) in [4.78, 5) is 15.9. The lowest BCUT2D eigenvalue weighted by Crippen LogP contribution is -2.10. The molecule has 4 heteroatoms. The third-order valence-corrected chi connectivity index (χ3v) is 2.63. The van der Waals surface area contributed by atoms with Crippen molar-refractivity contribution in [2.75, 3.05) is 26.9 Å². The molecule has 0 aliphatic rings. The minimum Gasteiger partial charge on any atom is -0.382 e. The summed E-state index contributed by atoms with van der Waals surface area (Å²) < 4.78 is 10.1. The molecule has 0 spiro atoms. The summed E-state index contributed by atoms with van der Waals surface area (Å²) in [5.41, 5.74) is 2.02. The van der Waals surface area contributed by atoms with Gasteiger partial charge in [-0.25, -0.2) is 0 Å². The molecule has 0 atom stereocenters. The van der Waals surface area contributed by atoms with E-state index in [1.165, 1.54) is 5.56 Å². The molecule has 0 bridgehead atoms. The van der Waals surface area contributed by atoms with Crippen LogP contribution in [0.5, 0.6) is 0 Å². The molecule has 0 aliphatic heterocycles. The van der Waals surface area contributed by atoms with Gasteiger partial charge in [0.25, 0.3) is 0 Å². The second-order valence-electron chi connectivity index (χ2n) is 4.08. The fourth-order valence-electron chi connectivity index (χ4n) is 1.49. The van der Waals surface area contributed by atoms with Crippen molar-refractivity contribution < 1.29 is 14.3 Å². The number of ketones is 1. The van der Waals surface area contributed by atoms with E-state index >= 15 is 0 Å². The summed E-state index contributed by atoms with van der Waals surface area (Å²) in [7, 11) is 1.63. The van der Waals surface area contributed by atoms with Gasteiger partial charge in [0, 0.05) is 31.8 Å². The molecule has 0 aliphatic carbocycles. The minimum atomic E-state index is 0.157. The van der Waals surface area contributed by atoms with Crippen LogP contribution in [0.1, 0.15) is 24.6 Å². The van der Waals surface area contributed by atoms with E-state index in [-0.39, 0.29) is 5.78 Å². The third-order valence-electron chi connectivity index (χ3n) is 2.63. The van der Waals surface area contributed by atoms with Gasteiger partial charge in [-0.3, -0.25) is 9.78 Å². The van der Waals surface area contributed by atoms with Gasteiger partial charge in [0.05, 0.1) is 19.8 Å². The molecule has 0 unspecified atom stereocenters. The molecule has 0 N–H and O–H groups in total. The van der Waals surface area contributed by atoms with Gasteiger partial charge < -0.3 is 9.47 Å². The first-order valence-corrected chi connectivity index (χ1v) is 6.28. The summed E-state index contributed by atoms with van der Waals surface area (Å²) in [6.45, 7) is 3.63. The smallest absolute Gasteiger partial charge is 0.141 e. The van der Waals surface area contributed by atoms with Gasteiger partial charge in [0.2, 0.25) is 0 Å². The van der Waals surface area contributed by atoms with Crippen LogP contribution in [0.3, 0.4) is 0 Å². The zero-order valence-corrected chi connectivity index (χ0v) is 11.1. The summed E-state index contributed by atoms with van der Waals surface area (Å²) in [5, 5.41) is 0. The molecular formula is C14H21NO3. The second-order valence-corrected chi connectivity index (χ2v) is 4.08. The first kappa shape index (κ1) is 14.8.